The fraction of sp³-hybridized carbons (Fsp3) is 0.484. The van der Waals surface area contributed by atoms with E-state index in [2.05, 4.69) is 16.0 Å². The van der Waals surface area contributed by atoms with Gasteiger partial charge in [0.25, 0.3) is 0 Å². The van der Waals surface area contributed by atoms with Crippen LogP contribution in [0.5, 0.6) is 0 Å². The molecule has 1 aliphatic heterocycles. The summed E-state index contributed by atoms with van der Waals surface area (Å²) in [5.41, 5.74) is -1.28. The highest BCUT2D eigenvalue weighted by molar-refractivity contribution is 6.30. The number of hydrogen-bond acceptors (Lipinski definition) is 5. The maximum atomic E-state index is 13.5. The Hall–Kier alpha value is -3.23. The molecule has 1 unspecified atom stereocenters. The number of benzene rings is 2. The summed E-state index contributed by atoms with van der Waals surface area (Å²) < 4.78 is 0. The molecule has 0 spiro atoms. The average molecular weight is 570 g/mol. The summed E-state index contributed by atoms with van der Waals surface area (Å²) >= 11 is 6.27. The van der Waals surface area contributed by atoms with Crippen LogP contribution in [-0.4, -0.2) is 47.7 Å². The third-order valence-electron chi connectivity index (χ3n) is 7.94. The molecule has 0 bridgehead atoms. The minimum atomic E-state index is -1.64. The number of unbranched alkanes of at least 4 members (excludes halogenated alkanes) is 1. The molecule has 4 N–H and O–H groups in total. The van der Waals surface area contributed by atoms with E-state index in [0.717, 1.165) is 12.0 Å². The molecule has 40 heavy (non-hydrogen) atoms. The lowest BCUT2D eigenvalue weighted by Gasteiger charge is -2.43. The molecule has 2 aromatic rings. The van der Waals surface area contributed by atoms with Crippen LogP contribution in [0.4, 0.5) is 0 Å². The first-order chi connectivity index (χ1) is 19.0. The van der Waals surface area contributed by atoms with Crippen molar-refractivity contribution in [2.24, 2.45) is 5.92 Å². The van der Waals surface area contributed by atoms with E-state index >= 15 is 0 Å². The van der Waals surface area contributed by atoms with Crippen LogP contribution >= 0.6 is 11.6 Å². The minimum Gasteiger partial charge on any atom is -0.384 e. The standard InChI is InChI=1S/C31H40ClN3O5/c1-4-5-14-26(29(39)34-25(20-36)17-21-15-16-33-28(21)38)35-27(37)19-31(40,22-10-7-6-8-11-22)30(2,3)23-12-9-13-24(32)18-23/h6-13,18,20-21,25-26,40H,4-5,14-17,19H2,1-3H3,(H,33,38)(H,34,39)(H,35,37)/t21-,25-,26-,31?/m0/s1. The van der Waals surface area contributed by atoms with Crippen LogP contribution in [0.3, 0.4) is 0 Å². The van der Waals surface area contributed by atoms with Crippen LogP contribution in [0.15, 0.2) is 54.6 Å². The van der Waals surface area contributed by atoms with Crippen molar-refractivity contribution in [3.8, 4) is 0 Å². The zero-order chi connectivity index (χ0) is 29.3. The van der Waals surface area contributed by atoms with E-state index in [1.165, 1.54) is 0 Å². The molecule has 0 aliphatic carbocycles. The topological polar surface area (TPSA) is 125 Å². The molecule has 0 radical (unpaired) electrons. The van der Waals surface area contributed by atoms with Crippen molar-refractivity contribution < 1.29 is 24.3 Å². The van der Waals surface area contributed by atoms with E-state index in [1.54, 1.807) is 42.5 Å². The lowest BCUT2D eigenvalue weighted by molar-refractivity contribution is -0.135. The third kappa shape index (κ3) is 7.49. The monoisotopic (exact) mass is 569 g/mol. The summed E-state index contributed by atoms with van der Waals surface area (Å²) in [4.78, 5) is 50.5. The summed E-state index contributed by atoms with van der Waals surface area (Å²) in [6.07, 6.45) is 2.97. The Bertz CT molecular complexity index is 1190. The molecular weight excluding hydrogens is 530 g/mol. The van der Waals surface area contributed by atoms with Gasteiger partial charge in [-0.3, -0.25) is 14.4 Å². The molecule has 216 valence electrons. The van der Waals surface area contributed by atoms with E-state index in [-0.39, 0.29) is 24.7 Å². The maximum Gasteiger partial charge on any atom is 0.243 e. The van der Waals surface area contributed by atoms with Crippen LogP contribution in [0.25, 0.3) is 0 Å². The van der Waals surface area contributed by atoms with Crippen LogP contribution in [0.2, 0.25) is 5.02 Å². The Labute approximate surface area is 241 Å². The van der Waals surface area contributed by atoms with Crippen molar-refractivity contribution >= 4 is 35.6 Å². The molecule has 1 fully saturated rings. The van der Waals surface area contributed by atoms with Gasteiger partial charge in [-0.1, -0.05) is 87.7 Å². The summed E-state index contributed by atoms with van der Waals surface area (Å²) in [5.74, 6) is -1.46. The van der Waals surface area contributed by atoms with Gasteiger partial charge in [-0.05, 0) is 42.5 Å². The summed E-state index contributed by atoms with van der Waals surface area (Å²) in [7, 11) is 0. The molecule has 1 heterocycles. The highest BCUT2D eigenvalue weighted by atomic mass is 35.5. The van der Waals surface area contributed by atoms with Gasteiger partial charge < -0.3 is 25.9 Å². The van der Waals surface area contributed by atoms with Crippen LogP contribution in [-0.2, 0) is 30.2 Å². The van der Waals surface area contributed by atoms with Gasteiger partial charge in [0, 0.05) is 22.9 Å². The second kappa shape index (κ2) is 13.9. The molecule has 0 aromatic heterocycles. The zero-order valence-corrected chi connectivity index (χ0v) is 24.2. The third-order valence-corrected chi connectivity index (χ3v) is 8.17. The van der Waals surface area contributed by atoms with Crippen LogP contribution in [0, 0.1) is 5.92 Å². The first-order valence-corrected chi connectivity index (χ1v) is 14.3. The van der Waals surface area contributed by atoms with Crippen molar-refractivity contribution in [3.63, 3.8) is 0 Å². The smallest absolute Gasteiger partial charge is 0.243 e. The van der Waals surface area contributed by atoms with Gasteiger partial charge in [-0.15, -0.1) is 0 Å². The fourth-order valence-corrected chi connectivity index (χ4v) is 5.47. The zero-order valence-electron chi connectivity index (χ0n) is 23.4. The van der Waals surface area contributed by atoms with Crippen molar-refractivity contribution in [2.45, 2.75) is 82.4 Å². The van der Waals surface area contributed by atoms with Gasteiger partial charge >= 0.3 is 0 Å². The number of rotatable bonds is 14. The Kier molecular flexibility index (Phi) is 10.9. The molecule has 3 amide bonds. The number of nitrogens with one attached hydrogen (secondary N) is 3. The average Bonchev–Trinajstić information content (AvgIpc) is 3.34. The van der Waals surface area contributed by atoms with Crippen molar-refractivity contribution in [2.75, 3.05) is 6.54 Å². The van der Waals surface area contributed by atoms with Gasteiger partial charge in [0.2, 0.25) is 17.7 Å². The van der Waals surface area contributed by atoms with E-state index < -0.39 is 34.9 Å². The highest BCUT2D eigenvalue weighted by Crippen LogP contribution is 2.45. The first-order valence-electron chi connectivity index (χ1n) is 13.9. The van der Waals surface area contributed by atoms with Gasteiger partial charge in [0.1, 0.15) is 17.9 Å². The number of carbonyl (C=O) groups excluding carboxylic acids is 4. The normalized spacial score (nSPS) is 18.2. The molecule has 3 rings (SSSR count). The first kappa shape index (κ1) is 31.3. The predicted octanol–water partition coefficient (Wildman–Crippen LogP) is 3.78. The number of carbonyl (C=O) groups is 4. The Morgan fingerprint density at radius 2 is 1.82 bits per heavy atom. The quantitative estimate of drug-likeness (QED) is 0.258. The number of hydrogen-bond donors (Lipinski definition) is 4. The molecule has 8 nitrogen and oxygen atoms in total. The van der Waals surface area contributed by atoms with Crippen molar-refractivity contribution in [1.82, 2.24) is 16.0 Å². The predicted molar refractivity (Wildman–Crippen MR) is 155 cm³/mol. The summed E-state index contributed by atoms with van der Waals surface area (Å²) in [6.45, 7) is 6.24. The van der Waals surface area contributed by atoms with E-state index in [1.807, 2.05) is 32.9 Å². The lowest BCUT2D eigenvalue weighted by Crippen LogP contribution is -2.53. The van der Waals surface area contributed by atoms with Gasteiger partial charge in [0.05, 0.1) is 12.5 Å². The Morgan fingerprint density at radius 3 is 2.42 bits per heavy atom. The number of aliphatic hydroxyl groups is 1. The van der Waals surface area contributed by atoms with Gasteiger partial charge in [-0.25, -0.2) is 0 Å². The van der Waals surface area contributed by atoms with Crippen LogP contribution < -0.4 is 16.0 Å². The molecule has 9 heteroatoms. The second-order valence-electron chi connectivity index (χ2n) is 11.1. The largest absolute Gasteiger partial charge is 0.384 e. The van der Waals surface area contributed by atoms with E-state index in [4.69, 9.17) is 11.6 Å². The summed E-state index contributed by atoms with van der Waals surface area (Å²) in [5, 5.41) is 21.0. The molecule has 4 atom stereocenters. The number of amides is 3. The Morgan fingerprint density at radius 1 is 1.12 bits per heavy atom. The second-order valence-corrected chi connectivity index (χ2v) is 11.5. The fourth-order valence-electron chi connectivity index (χ4n) is 5.28. The van der Waals surface area contributed by atoms with Gasteiger partial charge in [-0.2, -0.15) is 0 Å². The van der Waals surface area contributed by atoms with Crippen molar-refractivity contribution in [1.29, 1.82) is 0 Å². The Balaban J connectivity index is 1.82. The maximum absolute atomic E-state index is 13.5. The highest BCUT2D eigenvalue weighted by Gasteiger charge is 2.48. The minimum absolute atomic E-state index is 0.126. The number of aldehydes is 1. The summed E-state index contributed by atoms with van der Waals surface area (Å²) in [6, 6.07) is 14.4. The molecule has 0 saturated carbocycles. The number of halogens is 1. The van der Waals surface area contributed by atoms with Gasteiger partial charge in [0.15, 0.2) is 0 Å². The van der Waals surface area contributed by atoms with E-state index in [0.29, 0.717) is 42.7 Å². The molecular formula is C31H40ClN3O5. The molecule has 1 saturated heterocycles. The van der Waals surface area contributed by atoms with E-state index in [9.17, 15) is 24.3 Å². The SMILES string of the molecule is CCCC[C@H](NC(=O)CC(O)(c1ccccc1)C(C)(C)c1cccc(Cl)c1)C(=O)N[C@H](C=O)C[C@@H]1CCNC1=O. The lowest BCUT2D eigenvalue weighted by atomic mass is 9.65. The molecule has 1 aliphatic rings. The molecule has 2 aromatic carbocycles. The van der Waals surface area contributed by atoms with Crippen molar-refractivity contribution in [3.05, 3.63) is 70.7 Å². The van der Waals surface area contributed by atoms with Crippen LogP contribution in [0.1, 0.15) is 70.4 Å².